The number of rotatable bonds is 3. The van der Waals surface area contributed by atoms with E-state index in [0.717, 1.165) is 12.0 Å². The van der Waals surface area contributed by atoms with Crippen molar-refractivity contribution in [1.29, 1.82) is 0 Å². The first kappa shape index (κ1) is 8.52. The summed E-state index contributed by atoms with van der Waals surface area (Å²) in [5, 5.41) is 3.30. The van der Waals surface area contributed by atoms with Crippen LogP contribution in [0.1, 0.15) is 25.7 Å². The lowest BCUT2D eigenvalue weighted by molar-refractivity contribution is 0.0837. The number of likely N-dealkylation sites (tertiary alicyclic amines) is 1. The van der Waals surface area contributed by atoms with Gasteiger partial charge in [0, 0.05) is 6.04 Å². The molecule has 0 aromatic rings. The third-order valence-electron chi connectivity index (χ3n) is 3.45. The van der Waals surface area contributed by atoms with Gasteiger partial charge in [-0.05, 0) is 58.3 Å². The summed E-state index contributed by atoms with van der Waals surface area (Å²) in [5.74, 6) is 0.952. The summed E-state index contributed by atoms with van der Waals surface area (Å²) in [6, 6.07) is 0.931. The van der Waals surface area contributed by atoms with E-state index in [4.69, 9.17) is 0 Å². The minimum atomic E-state index is 0.931. The second-order valence-corrected chi connectivity index (χ2v) is 4.21. The van der Waals surface area contributed by atoms with Crippen molar-refractivity contribution in [3.8, 4) is 0 Å². The summed E-state index contributed by atoms with van der Waals surface area (Å²) >= 11 is 0. The van der Waals surface area contributed by atoms with Crippen molar-refractivity contribution in [2.24, 2.45) is 5.92 Å². The smallest absolute Gasteiger partial charge is 0.0136 e. The fraction of sp³-hybridized carbons (Fsp3) is 1.00. The molecule has 0 bridgehead atoms. The van der Waals surface area contributed by atoms with Crippen LogP contribution in [-0.4, -0.2) is 37.6 Å². The first-order valence-corrected chi connectivity index (χ1v) is 5.30. The van der Waals surface area contributed by atoms with Crippen LogP contribution in [0.15, 0.2) is 0 Å². The van der Waals surface area contributed by atoms with Crippen molar-refractivity contribution in [1.82, 2.24) is 10.2 Å². The maximum atomic E-state index is 3.30. The molecule has 2 rings (SSSR count). The molecule has 0 aromatic carbocycles. The van der Waals surface area contributed by atoms with Crippen LogP contribution in [0.3, 0.4) is 0 Å². The SMILES string of the molecule is CNCC1CCC1N1CCCC1. The zero-order valence-electron chi connectivity index (χ0n) is 8.05. The van der Waals surface area contributed by atoms with Crippen LogP contribution in [0, 0.1) is 5.92 Å². The fourth-order valence-electron chi connectivity index (χ4n) is 2.61. The van der Waals surface area contributed by atoms with Crippen LogP contribution in [0.25, 0.3) is 0 Å². The average Bonchev–Trinajstić information content (AvgIpc) is 2.51. The molecule has 1 aliphatic carbocycles. The minimum Gasteiger partial charge on any atom is -0.319 e. The Labute approximate surface area is 75.3 Å². The zero-order chi connectivity index (χ0) is 8.39. The number of nitrogens with zero attached hydrogens (tertiary/aromatic N) is 1. The second kappa shape index (κ2) is 3.75. The minimum absolute atomic E-state index is 0.931. The number of hydrogen-bond acceptors (Lipinski definition) is 2. The normalized spacial score (nSPS) is 36.8. The van der Waals surface area contributed by atoms with Gasteiger partial charge >= 0.3 is 0 Å². The molecular weight excluding hydrogens is 148 g/mol. The Morgan fingerprint density at radius 1 is 1.25 bits per heavy atom. The van der Waals surface area contributed by atoms with Gasteiger partial charge in [-0.15, -0.1) is 0 Å². The molecule has 0 spiro atoms. The van der Waals surface area contributed by atoms with E-state index in [0.29, 0.717) is 0 Å². The van der Waals surface area contributed by atoms with E-state index >= 15 is 0 Å². The summed E-state index contributed by atoms with van der Waals surface area (Å²) < 4.78 is 0. The van der Waals surface area contributed by atoms with Gasteiger partial charge in [0.1, 0.15) is 0 Å². The molecular formula is C10H20N2. The van der Waals surface area contributed by atoms with E-state index in [1.165, 1.54) is 45.3 Å². The van der Waals surface area contributed by atoms with E-state index < -0.39 is 0 Å². The summed E-state index contributed by atoms with van der Waals surface area (Å²) in [6.45, 7) is 3.96. The Bertz CT molecular complexity index is 141. The van der Waals surface area contributed by atoms with E-state index in [1.807, 2.05) is 0 Å². The van der Waals surface area contributed by atoms with Crippen LogP contribution in [0.2, 0.25) is 0 Å². The quantitative estimate of drug-likeness (QED) is 0.678. The van der Waals surface area contributed by atoms with Crippen LogP contribution in [0.4, 0.5) is 0 Å². The Morgan fingerprint density at radius 3 is 2.50 bits per heavy atom. The van der Waals surface area contributed by atoms with Crippen molar-refractivity contribution in [3.63, 3.8) is 0 Å². The average molecular weight is 168 g/mol. The molecule has 1 saturated heterocycles. The lowest BCUT2D eigenvalue weighted by atomic mass is 9.78. The van der Waals surface area contributed by atoms with Crippen molar-refractivity contribution < 1.29 is 0 Å². The third-order valence-corrected chi connectivity index (χ3v) is 3.45. The molecule has 2 fully saturated rings. The van der Waals surface area contributed by atoms with E-state index in [1.54, 1.807) is 0 Å². The fourth-order valence-corrected chi connectivity index (χ4v) is 2.61. The summed E-state index contributed by atoms with van der Waals surface area (Å²) in [5.41, 5.74) is 0. The summed E-state index contributed by atoms with van der Waals surface area (Å²) in [6.07, 6.45) is 5.76. The first-order valence-electron chi connectivity index (χ1n) is 5.30. The van der Waals surface area contributed by atoms with Crippen LogP contribution in [0.5, 0.6) is 0 Å². The van der Waals surface area contributed by atoms with E-state index in [2.05, 4.69) is 17.3 Å². The molecule has 2 atom stereocenters. The standard InChI is InChI=1S/C10H20N2/c1-11-8-9-4-5-10(9)12-6-2-3-7-12/h9-11H,2-8H2,1H3. The third kappa shape index (κ3) is 1.50. The molecule has 2 aliphatic rings. The van der Waals surface area contributed by atoms with Crippen LogP contribution < -0.4 is 5.32 Å². The van der Waals surface area contributed by atoms with E-state index in [-0.39, 0.29) is 0 Å². The monoisotopic (exact) mass is 168 g/mol. The van der Waals surface area contributed by atoms with Gasteiger partial charge in [-0.3, -0.25) is 0 Å². The Balaban J connectivity index is 1.79. The van der Waals surface area contributed by atoms with Crippen molar-refractivity contribution in [3.05, 3.63) is 0 Å². The second-order valence-electron chi connectivity index (χ2n) is 4.21. The van der Waals surface area contributed by atoms with Crippen molar-refractivity contribution in [2.75, 3.05) is 26.7 Å². The van der Waals surface area contributed by atoms with Gasteiger partial charge in [-0.25, -0.2) is 0 Å². The molecule has 1 saturated carbocycles. The molecule has 1 heterocycles. The Morgan fingerprint density at radius 2 is 2.00 bits per heavy atom. The summed E-state index contributed by atoms with van der Waals surface area (Å²) in [7, 11) is 2.07. The highest BCUT2D eigenvalue weighted by Gasteiger charge is 2.35. The lowest BCUT2D eigenvalue weighted by Gasteiger charge is -2.42. The van der Waals surface area contributed by atoms with Gasteiger partial charge < -0.3 is 10.2 Å². The van der Waals surface area contributed by atoms with Gasteiger partial charge in [-0.2, -0.15) is 0 Å². The van der Waals surface area contributed by atoms with Gasteiger partial charge in [0.2, 0.25) is 0 Å². The molecule has 0 radical (unpaired) electrons. The lowest BCUT2D eigenvalue weighted by Crippen LogP contribution is -2.48. The number of nitrogens with one attached hydrogen (secondary N) is 1. The van der Waals surface area contributed by atoms with Crippen LogP contribution in [-0.2, 0) is 0 Å². The molecule has 1 N–H and O–H groups in total. The molecule has 2 heteroatoms. The molecule has 2 nitrogen and oxygen atoms in total. The Kier molecular flexibility index (Phi) is 2.66. The largest absolute Gasteiger partial charge is 0.319 e. The van der Waals surface area contributed by atoms with Gasteiger partial charge in [0.05, 0.1) is 0 Å². The first-order chi connectivity index (χ1) is 5.92. The van der Waals surface area contributed by atoms with Crippen LogP contribution >= 0.6 is 0 Å². The maximum Gasteiger partial charge on any atom is 0.0136 e. The van der Waals surface area contributed by atoms with Crippen molar-refractivity contribution >= 4 is 0 Å². The highest BCUT2D eigenvalue weighted by Crippen LogP contribution is 2.33. The molecule has 70 valence electrons. The molecule has 12 heavy (non-hydrogen) atoms. The predicted octanol–water partition coefficient (Wildman–Crippen LogP) is 1.08. The van der Waals surface area contributed by atoms with Crippen molar-refractivity contribution in [2.45, 2.75) is 31.7 Å². The Hall–Kier alpha value is -0.0800. The molecule has 1 aliphatic heterocycles. The highest BCUT2D eigenvalue weighted by molar-refractivity contribution is 4.91. The maximum absolute atomic E-state index is 3.30. The van der Waals surface area contributed by atoms with E-state index in [9.17, 15) is 0 Å². The van der Waals surface area contributed by atoms with Gasteiger partial charge in [-0.1, -0.05) is 0 Å². The highest BCUT2D eigenvalue weighted by atomic mass is 15.2. The summed E-state index contributed by atoms with van der Waals surface area (Å²) in [4.78, 5) is 2.70. The topological polar surface area (TPSA) is 15.3 Å². The zero-order valence-corrected chi connectivity index (χ0v) is 8.05. The molecule has 0 amide bonds. The number of hydrogen-bond donors (Lipinski definition) is 1. The predicted molar refractivity (Wildman–Crippen MR) is 51.2 cm³/mol. The van der Waals surface area contributed by atoms with Gasteiger partial charge in [0.25, 0.3) is 0 Å². The molecule has 2 unspecified atom stereocenters. The van der Waals surface area contributed by atoms with Gasteiger partial charge in [0.15, 0.2) is 0 Å². The molecule has 0 aromatic heterocycles.